The van der Waals surface area contributed by atoms with Crippen molar-refractivity contribution in [3.05, 3.63) is 0 Å². The normalized spacial score (nSPS) is 20.8. The van der Waals surface area contributed by atoms with Crippen LogP contribution in [0.3, 0.4) is 0 Å². The van der Waals surface area contributed by atoms with E-state index in [2.05, 4.69) is 49.9 Å². The number of hydrogen-bond acceptors (Lipinski definition) is 4. The van der Waals surface area contributed by atoms with Crippen LogP contribution in [-0.4, -0.2) is 67.6 Å². The molecule has 1 rings (SSSR count). The van der Waals surface area contributed by atoms with Crippen LogP contribution in [0.5, 0.6) is 0 Å². The average Bonchev–Trinajstić information content (AvgIpc) is 2.39. The van der Waals surface area contributed by atoms with Gasteiger partial charge in [-0.05, 0) is 25.3 Å². The minimum atomic E-state index is -0.384. The average molecular weight is 298 g/mol. The minimum absolute atomic E-state index is 0.0107. The van der Waals surface area contributed by atoms with Gasteiger partial charge in [0.1, 0.15) is 0 Å². The fourth-order valence-corrected chi connectivity index (χ4v) is 2.89. The van der Waals surface area contributed by atoms with Gasteiger partial charge in [-0.25, -0.2) is 0 Å². The first-order valence-corrected chi connectivity index (χ1v) is 8.27. The summed E-state index contributed by atoms with van der Waals surface area (Å²) in [6, 6.07) is 0.0131. The SMILES string of the molecule is CC(C)C[C@H](N)C(=O)NCC(C(C)C)N1CCN(C)CC1. The van der Waals surface area contributed by atoms with E-state index in [1.165, 1.54) is 0 Å². The lowest BCUT2D eigenvalue weighted by molar-refractivity contribution is -0.123. The molecule has 0 bridgehead atoms. The Morgan fingerprint density at radius 1 is 1.14 bits per heavy atom. The van der Waals surface area contributed by atoms with Gasteiger partial charge in [0.05, 0.1) is 6.04 Å². The predicted octanol–water partition coefficient (Wildman–Crippen LogP) is 0.748. The second-order valence-electron chi connectivity index (χ2n) is 7.13. The first kappa shape index (κ1) is 18.4. The molecule has 0 aromatic heterocycles. The van der Waals surface area contributed by atoms with Gasteiger partial charge in [-0.3, -0.25) is 9.69 Å². The monoisotopic (exact) mass is 298 g/mol. The van der Waals surface area contributed by atoms with Gasteiger partial charge < -0.3 is 16.0 Å². The van der Waals surface area contributed by atoms with E-state index in [0.29, 0.717) is 24.4 Å². The maximum atomic E-state index is 12.1. The molecule has 0 aromatic carbocycles. The first-order valence-electron chi connectivity index (χ1n) is 8.27. The van der Waals surface area contributed by atoms with E-state index >= 15 is 0 Å². The number of carbonyl (C=O) groups is 1. The molecule has 0 spiro atoms. The zero-order chi connectivity index (χ0) is 16.0. The van der Waals surface area contributed by atoms with E-state index in [1.54, 1.807) is 0 Å². The Hall–Kier alpha value is -0.650. The van der Waals surface area contributed by atoms with Crippen molar-refractivity contribution in [2.75, 3.05) is 39.8 Å². The Bertz CT molecular complexity index is 311. The van der Waals surface area contributed by atoms with E-state index < -0.39 is 0 Å². The zero-order valence-electron chi connectivity index (χ0n) is 14.4. The van der Waals surface area contributed by atoms with Crippen molar-refractivity contribution >= 4 is 5.91 Å². The molecule has 0 aromatic rings. The summed E-state index contributed by atoms with van der Waals surface area (Å²) in [6.45, 7) is 13.7. The molecule has 0 aliphatic carbocycles. The molecule has 1 amide bonds. The van der Waals surface area contributed by atoms with Gasteiger partial charge in [0, 0.05) is 38.8 Å². The Morgan fingerprint density at radius 2 is 1.71 bits per heavy atom. The zero-order valence-corrected chi connectivity index (χ0v) is 14.4. The molecule has 1 aliphatic rings. The lowest BCUT2D eigenvalue weighted by Crippen LogP contribution is -2.55. The molecule has 1 unspecified atom stereocenters. The number of nitrogens with zero attached hydrogens (tertiary/aromatic N) is 2. The number of nitrogens with two attached hydrogens (primary N) is 1. The van der Waals surface area contributed by atoms with Gasteiger partial charge in [-0.15, -0.1) is 0 Å². The highest BCUT2D eigenvalue weighted by Crippen LogP contribution is 2.13. The lowest BCUT2D eigenvalue weighted by Gasteiger charge is -2.40. The summed E-state index contributed by atoms with van der Waals surface area (Å²) in [5.41, 5.74) is 5.94. The van der Waals surface area contributed by atoms with Gasteiger partial charge in [0.2, 0.25) is 5.91 Å². The van der Waals surface area contributed by atoms with Crippen molar-refractivity contribution in [3.63, 3.8) is 0 Å². The van der Waals surface area contributed by atoms with E-state index in [0.717, 1.165) is 32.6 Å². The molecule has 2 atom stereocenters. The molecule has 0 saturated carbocycles. The third-order valence-corrected chi connectivity index (χ3v) is 4.32. The van der Waals surface area contributed by atoms with E-state index in [4.69, 9.17) is 5.73 Å². The van der Waals surface area contributed by atoms with Gasteiger partial charge >= 0.3 is 0 Å². The Morgan fingerprint density at radius 3 is 2.19 bits per heavy atom. The quantitative estimate of drug-likeness (QED) is 0.728. The molecule has 5 heteroatoms. The van der Waals surface area contributed by atoms with Crippen LogP contribution >= 0.6 is 0 Å². The Labute approximate surface area is 130 Å². The van der Waals surface area contributed by atoms with Crippen molar-refractivity contribution in [2.45, 2.75) is 46.2 Å². The second kappa shape index (κ2) is 8.71. The molecule has 1 fully saturated rings. The van der Waals surface area contributed by atoms with Crippen LogP contribution in [0, 0.1) is 11.8 Å². The first-order chi connectivity index (χ1) is 9.81. The van der Waals surface area contributed by atoms with E-state index in [-0.39, 0.29) is 11.9 Å². The van der Waals surface area contributed by atoms with Gasteiger partial charge in [-0.1, -0.05) is 27.7 Å². The maximum absolute atomic E-state index is 12.1. The maximum Gasteiger partial charge on any atom is 0.236 e. The molecule has 1 aliphatic heterocycles. The topological polar surface area (TPSA) is 61.6 Å². The second-order valence-corrected chi connectivity index (χ2v) is 7.13. The summed E-state index contributed by atoms with van der Waals surface area (Å²) < 4.78 is 0. The molecule has 21 heavy (non-hydrogen) atoms. The largest absolute Gasteiger partial charge is 0.353 e. The van der Waals surface area contributed by atoms with Crippen molar-refractivity contribution in [1.29, 1.82) is 0 Å². The predicted molar refractivity (Wildman–Crippen MR) is 88.1 cm³/mol. The van der Waals surface area contributed by atoms with Crippen LogP contribution in [0.25, 0.3) is 0 Å². The summed E-state index contributed by atoms with van der Waals surface area (Å²) >= 11 is 0. The molecular weight excluding hydrogens is 264 g/mol. The third-order valence-electron chi connectivity index (χ3n) is 4.32. The van der Waals surface area contributed by atoms with Crippen LogP contribution in [0.1, 0.15) is 34.1 Å². The standard InChI is InChI=1S/C16H34N4O/c1-12(2)10-14(17)16(21)18-11-15(13(3)4)20-8-6-19(5)7-9-20/h12-15H,6-11,17H2,1-5H3,(H,18,21)/t14-,15?/m0/s1. The lowest BCUT2D eigenvalue weighted by atomic mass is 10.0. The number of hydrogen-bond donors (Lipinski definition) is 2. The summed E-state index contributed by atoms with van der Waals surface area (Å²) in [4.78, 5) is 16.9. The van der Waals surface area contributed by atoms with Crippen LogP contribution in [0.2, 0.25) is 0 Å². The molecule has 5 nitrogen and oxygen atoms in total. The van der Waals surface area contributed by atoms with Crippen molar-refractivity contribution < 1.29 is 4.79 Å². The van der Waals surface area contributed by atoms with Crippen LogP contribution in [0.15, 0.2) is 0 Å². The number of rotatable bonds is 7. The molecule has 1 saturated heterocycles. The molecular formula is C16H34N4O. The van der Waals surface area contributed by atoms with Gasteiger partial charge in [0.15, 0.2) is 0 Å². The summed E-state index contributed by atoms with van der Waals surface area (Å²) in [5.74, 6) is 0.961. The fraction of sp³-hybridized carbons (Fsp3) is 0.938. The van der Waals surface area contributed by atoms with Crippen LogP contribution < -0.4 is 11.1 Å². The summed E-state index contributed by atoms with van der Waals surface area (Å²) in [5, 5.41) is 3.06. The molecule has 0 radical (unpaired) electrons. The third kappa shape index (κ3) is 6.32. The van der Waals surface area contributed by atoms with Crippen molar-refractivity contribution in [1.82, 2.24) is 15.1 Å². The van der Waals surface area contributed by atoms with Crippen molar-refractivity contribution in [2.24, 2.45) is 17.6 Å². The fourth-order valence-electron chi connectivity index (χ4n) is 2.89. The highest BCUT2D eigenvalue weighted by Gasteiger charge is 2.26. The summed E-state index contributed by atoms with van der Waals surface area (Å²) in [6.07, 6.45) is 0.743. The number of piperazine rings is 1. The van der Waals surface area contributed by atoms with Crippen LogP contribution in [-0.2, 0) is 4.79 Å². The number of carbonyl (C=O) groups excluding carboxylic acids is 1. The van der Waals surface area contributed by atoms with Crippen molar-refractivity contribution in [3.8, 4) is 0 Å². The molecule has 3 N–H and O–H groups in total. The molecule has 1 heterocycles. The Balaban J connectivity index is 2.46. The number of likely N-dealkylation sites (N-methyl/N-ethyl adjacent to an activating group) is 1. The smallest absolute Gasteiger partial charge is 0.236 e. The van der Waals surface area contributed by atoms with Crippen LogP contribution in [0.4, 0.5) is 0 Å². The van der Waals surface area contributed by atoms with Gasteiger partial charge in [0.25, 0.3) is 0 Å². The Kier molecular flexibility index (Phi) is 7.63. The van der Waals surface area contributed by atoms with E-state index in [9.17, 15) is 4.79 Å². The number of amides is 1. The van der Waals surface area contributed by atoms with Gasteiger partial charge in [-0.2, -0.15) is 0 Å². The molecule has 124 valence electrons. The minimum Gasteiger partial charge on any atom is -0.353 e. The summed E-state index contributed by atoms with van der Waals surface area (Å²) in [7, 11) is 2.16. The van der Waals surface area contributed by atoms with E-state index in [1.807, 2.05) is 0 Å². The highest BCUT2D eigenvalue weighted by molar-refractivity contribution is 5.81. The number of nitrogens with one attached hydrogen (secondary N) is 1. The highest BCUT2D eigenvalue weighted by atomic mass is 16.2.